The summed E-state index contributed by atoms with van der Waals surface area (Å²) in [4.78, 5) is 23.9. The van der Waals surface area contributed by atoms with Gasteiger partial charge < -0.3 is 0 Å². The Morgan fingerprint density at radius 1 is 1.26 bits per heavy atom. The zero-order valence-electron chi connectivity index (χ0n) is 12.5. The first-order chi connectivity index (χ1) is 8.98. The van der Waals surface area contributed by atoms with Crippen LogP contribution in [0, 0.1) is 23.2 Å². The molecule has 19 heavy (non-hydrogen) atoms. The van der Waals surface area contributed by atoms with Crippen molar-refractivity contribution in [3.05, 3.63) is 0 Å². The molecule has 108 valence electrons. The van der Waals surface area contributed by atoms with Crippen LogP contribution in [-0.4, -0.2) is 11.8 Å². The average molecular weight is 265 g/mol. The van der Waals surface area contributed by atoms with Gasteiger partial charge in [-0.25, -0.2) is 0 Å². The van der Waals surface area contributed by atoms with Crippen molar-refractivity contribution in [2.45, 2.75) is 65.7 Å². The van der Waals surface area contributed by atoms with Gasteiger partial charge in [0.05, 0.1) is 0 Å². The van der Waals surface area contributed by atoms with Crippen LogP contribution in [0.4, 0.5) is 0 Å². The third-order valence-corrected chi connectivity index (χ3v) is 5.44. The summed E-state index contributed by atoms with van der Waals surface area (Å²) in [6.07, 6.45) is 7.11. The molecule has 1 saturated heterocycles. The zero-order valence-corrected chi connectivity index (χ0v) is 12.5. The lowest BCUT2D eigenvalue weighted by Crippen LogP contribution is -2.51. The minimum Gasteiger partial charge on any atom is -0.296 e. The number of hydrogen-bond acceptors (Lipinski definition) is 2. The maximum Gasteiger partial charge on any atom is 0.230 e. The molecule has 1 aliphatic carbocycles. The first-order valence-electron chi connectivity index (χ1n) is 7.82. The molecule has 2 fully saturated rings. The standard InChI is InChI=1S/C16H27NO2/c1-4-13-15(19)17-14(18)10-16(13)8-5-6-12(7-9-16)11(2)3/h11-13H,4-10H2,1-3H3,(H,17,18,19). The highest BCUT2D eigenvalue weighted by Crippen LogP contribution is 2.49. The Labute approximate surface area is 116 Å². The summed E-state index contributed by atoms with van der Waals surface area (Å²) in [5.41, 5.74) is -0.0438. The van der Waals surface area contributed by atoms with E-state index in [9.17, 15) is 9.59 Å². The Balaban J connectivity index is 2.19. The van der Waals surface area contributed by atoms with Crippen molar-refractivity contribution in [2.24, 2.45) is 23.2 Å². The fourth-order valence-corrected chi connectivity index (χ4v) is 4.26. The molecule has 3 unspecified atom stereocenters. The minimum atomic E-state index is -0.0577. The lowest BCUT2D eigenvalue weighted by Gasteiger charge is -2.42. The first-order valence-corrected chi connectivity index (χ1v) is 7.82. The number of hydrogen-bond donors (Lipinski definition) is 1. The Hall–Kier alpha value is -0.860. The highest BCUT2D eigenvalue weighted by Gasteiger charge is 2.47. The number of carbonyl (C=O) groups is 2. The van der Waals surface area contributed by atoms with E-state index in [2.05, 4.69) is 26.1 Å². The van der Waals surface area contributed by atoms with Crippen molar-refractivity contribution in [1.82, 2.24) is 5.32 Å². The van der Waals surface area contributed by atoms with Crippen molar-refractivity contribution < 1.29 is 9.59 Å². The molecule has 2 rings (SSSR count). The molecule has 0 aromatic heterocycles. The summed E-state index contributed by atoms with van der Waals surface area (Å²) >= 11 is 0. The fourth-order valence-electron chi connectivity index (χ4n) is 4.26. The van der Waals surface area contributed by atoms with E-state index in [-0.39, 0.29) is 23.1 Å². The van der Waals surface area contributed by atoms with E-state index in [0.29, 0.717) is 12.3 Å². The Bertz CT molecular complexity index is 364. The maximum absolute atomic E-state index is 12.1. The van der Waals surface area contributed by atoms with Crippen molar-refractivity contribution in [3.63, 3.8) is 0 Å². The van der Waals surface area contributed by atoms with Gasteiger partial charge in [-0.3, -0.25) is 14.9 Å². The molecule has 0 bridgehead atoms. The summed E-state index contributed by atoms with van der Waals surface area (Å²) in [6.45, 7) is 6.66. The zero-order chi connectivity index (χ0) is 14.0. The van der Waals surface area contributed by atoms with Gasteiger partial charge in [-0.1, -0.05) is 33.6 Å². The van der Waals surface area contributed by atoms with E-state index >= 15 is 0 Å². The van der Waals surface area contributed by atoms with E-state index < -0.39 is 0 Å². The monoisotopic (exact) mass is 265 g/mol. The molecule has 3 heteroatoms. The molecule has 2 aliphatic rings. The molecule has 3 nitrogen and oxygen atoms in total. The van der Waals surface area contributed by atoms with E-state index in [1.807, 2.05) is 0 Å². The van der Waals surface area contributed by atoms with Gasteiger partial charge in [0, 0.05) is 12.3 Å². The number of nitrogens with one attached hydrogen (secondary N) is 1. The molecular weight excluding hydrogens is 238 g/mol. The molecule has 3 atom stereocenters. The Morgan fingerprint density at radius 3 is 2.63 bits per heavy atom. The number of piperidine rings is 1. The second kappa shape index (κ2) is 5.64. The third-order valence-electron chi connectivity index (χ3n) is 5.44. The number of amides is 2. The van der Waals surface area contributed by atoms with Crippen LogP contribution in [0.5, 0.6) is 0 Å². The molecule has 1 aliphatic heterocycles. The SMILES string of the molecule is CCC1C(=O)NC(=O)CC12CCCC(C(C)C)CC2. The molecule has 1 spiro atoms. The Morgan fingerprint density at radius 2 is 2.00 bits per heavy atom. The molecule has 0 radical (unpaired) electrons. The molecule has 1 saturated carbocycles. The normalized spacial score (nSPS) is 36.4. The predicted octanol–water partition coefficient (Wildman–Crippen LogP) is 3.28. The van der Waals surface area contributed by atoms with Crippen molar-refractivity contribution in [1.29, 1.82) is 0 Å². The van der Waals surface area contributed by atoms with E-state index in [1.54, 1.807) is 0 Å². The van der Waals surface area contributed by atoms with Gasteiger partial charge in [0.1, 0.15) is 0 Å². The van der Waals surface area contributed by atoms with Gasteiger partial charge in [-0.05, 0) is 42.9 Å². The Kier molecular flexibility index (Phi) is 4.32. The van der Waals surface area contributed by atoms with E-state index in [4.69, 9.17) is 0 Å². The summed E-state index contributed by atoms with van der Waals surface area (Å²) < 4.78 is 0. The van der Waals surface area contributed by atoms with Crippen LogP contribution in [-0.2, 0) is 9.59 Å². The largest absolute Gasteiger partial charge is 0.296 e. The highest BCUT2D eigenvalue weighted by molar-refractivity contribution is 5.99. The van der Waals surface area contributed by atoms with Crippen molar-refractivity contribution >= 4 is 11.8 Å². The van der Waals surface area contributed by atoms with Gasteiger partial charge >= 0.3 is 0 Å². The van der Waals surface area contributed by atoms with Crippen LogP contribution in [0.2, 0.25) is 0 Å². The van der Waals surface area contributed by atoms with Gasteiger partial charge in [-0.2, -0.15) is 0 Å². The molecular formula is C16H27NO2. The van der Waals surface area contributed by atoms with Crippen LogP contribution in [0.3, 0.4) is 0 Å². The van der Waals surface area contributed by atoms with Gasteiger partial charge in [-0.15, -0.1) is 0 Å². The topological polar surface area (TPSA) is 46.2 Å². The third kappa shape index (κ3) is 2.85. The predicted molar refractivity (Wildman–Crippen MR) is 75.4 cm³/mol. The second-order valence-corrected chi connectivity index (χ2v) is 6.85. The van der Waals surface area contributed by atoms with E-state index in [1.165, 1.54) is 19.3 Å². The van der Waals surface area contributed by atoms with Crippen molar-refractivity contribution in [2.75, 3.05) is 0 Å². The van der Waals surface area contributed by atoms with Crippen LogP contribution < -0.4 is 5.32 Å². The van der Waals surface area contributed by atoms with E-state index in [0.717, 1.165) is 25.2 Å². The number of carbonyl (C=O) groups excluding carboxylic acids is 2. The van der Waals surface area contributed by atoms with Gasteiger partial charge in [0.15, 0.2) is 0 Å². The molecule has 0 aromatic carbocycles. The fraction of sp³-hybridized carbons (Fsp3) is 0.875. The van der Waals surface area contributed by atoms with Gasteiger partial charge in [0.2, 0.25) is 11.8 Å². The molecule has 1 heterocycles. The summed E-state index contributed by atoms with van der Waals surface area (Å²) in [5, 5.41) is 2.53. The number of rotatable bonds is 2. The lowest BCUT2D eigenvalue weighted by molar-refractivity contribution is -0.144. The summed E-state index contributed by atoms with van der Waals surface area (Å²) in [5.74, 6) is 1.43. The summed E-state index contributed by atoms with van der Waals surface area (Å²) in [7, 11) is 0. The van der Waals surface area contributed by atoms with Crippen LogP contribution in [0.25, 0.3) is 0 Å². The summed E-state index contributed by atoms with van der Waals surface area (Å²) in [6, 6.07) is 0. The minimum absolute atomic E-state index is 0.0262. The first kappa shape index (κ1) is 14.5. The molecule has 2 amide bonds. The van der Waals surface area contributed by atoms with Crippen LogP contribution >= 0.6 is 0 Å². The average Bonchev–Trinajstić information content (AvgIpc) is 2.52. The van der Waals surface area contributed by atoms with Crippen molar-refractivity contribution in [3.8, 4) is 0 Å². The quantitative estimate of drug-likeness (QED) is 0.779. The smallest absolute Gasteiger partial charge is 0.230 e. The van der Waals surface area contributed by atoms with Crippen LogP contribution in [0.1, 0.15) is 65.7 Å². The highest BCUT2D eigenvalue weighted by atomic mass is 16.2. The van der Waals surface area contributed by atoms with Gasteiger partial charge in [0.25, 0.3) is 0 Å². The lowest BCUT2D eigenvalue weighted by atomic mass is 9.64. The number of imide groups is 1. The maximum atomic E-state index is 12.1. The molecule has 1 N–H and O–H groups in total. The molecule has 0 aromatic rings. The van der Waals surface area contributed by atoms with Crippen LogP contribution in [0.15, 0.2) is 0 Å². The second-order valence-electron chi connectivity index (χ2n) is 6.85.